The maximum Gasteiger partial charge on any atom is 0.0890 e. The maximum absolute atomic E-state index is 6.23. The molecule has 17 heavy (non-hydrogen) atoms. The zero-order chi connectivity index (χ0) is 12.4. The minimum absolute atomic E-state index is 0.0779. The van der Waals surface area contributed by atoms with Crippen molar-refractivity contribution in [3.8, 4) is 0 Å². The van der Waals surface area contributed by atoms with Crippen LogP contribution in [0.4, 0.5) is 0 Å². The van der Waals surface area contributed by atoms with E-state index in [2.05, 4.69) is 11.9 Å². The van der Waals surface area contributed by atoms with Crippen LogP contribution in [0.3, 0.4) is 0 Å². The number of hydrogen-bond acceptors (Lipinski definition) is 2. The number of benzene rings is 1. The molecule has 0 aliphatic heterocycles. The molecule has 0 aliphatic carbocycles. The zero-order valence-corrected chi connectivity index (χ0v) is 11.2. The summed E-state index contributed by atoms with van der Waals surface area (Å²) in [6, 6.07) is 7.96. The molecule has 0 bridgehead atoms. The summed E-state index contributed by atoms with van der Waals surface area (Å²) < 4.78 is 0. The van der Waals surface area contributed by atoms with Crippen LogP contribution < -0.4 is 0 Å². The van der Waals surface area contributed by atoms with Gasteiger partial charge in [-0.15, -0.1) is 11.6 Å². The van der Waals surface area contributed by atoms with E-state index in [4.69, 9.17) is 16.6 Å². The van der Waals surface area contributed by atoms with Gasteiger partial charge in [0.2, 0.25) is 0 Å². The predicted molar refractivity (Wildman–Crippen MR) is 72.6 cm³/mol. The monoisotopic (exact) mass is 248 g/mol. The van der Waals surface area contributed by atoms with Crippen LogP contribution in [0, 0.1) is 6.92 Å². The fourth-order valence-electron chi connectivity index (χ4n) is 2.19. The molecule has 1 aromatic carbocycles. The Morgan fingerprint density at radius 3 is 2.29 bits per heavy atom. The molecule has 2 nitrogen and oxygen atoms in total. The first-order chi connectivity index (χ1) is 8.13. The molecule has 0 N–H and O–H groups in total. The van der Waals surface area contributed by atoms with Crippen molar-refractivity contribution in [3.63, 3.8) is 0 Å². The summed E-state index contributed by atoms with van der Waals surface area (Å²) in [5.74, 6) is 0.272. The van der Waals surface area contributed by atoms with E-state index in [0.29, 0.717) is 0 Å². The Labute approximate surface area is 107 Å². The molecule has 0 saturated carbocycles. The Hall–Kier alpha value is -1.15. The molecule has 3 heteroatoms. The van der Waals surface area contributed by atoms with Gasteiger partial charge < -0.3 is 0 Å². The number of nitrogens with zero attached hydrogens (tertiary/aromatic N) is 2. The van der Waals surface area contributed by atoms with E-state index in [1.54, 1.807) is 0 Å². The molecule has 1 aromatic heterocycles. The Kier molecular flexibility index (Phi) is 3.63. The van der Waals surface area contributed by atoms with Crippen molar-refractivity contribution >= 4 is 22.6 Å². The summed E-state index contributed by atoms with van der Waals surface area (Å²) in [5, 5.41) is 0.0779. The van der Waals surface area contributed by atoms with Crippen LogP contribution in [-0.2, 0) is 0 Å². The van der Waals surface area contributed by atoms with Gasteiger partial charge in [-0.3, -0.25) is 0 Å². The first-order valence-electron chi connectivity index (χ1n) is 6.00. The number of hydrogen-bond donors (Lipinski definition) is 0. The minimum Gasteiger partial charge on any atom is -0.250 e. The molecule has 2 unspecified atom stereocenters. The van der Waals surface area contributed by atoms with Gasteiger partial charge in [0.1, 0.15) is 0 Å². The smallest absolute Gasteiger partial charge is 0.0890 e. The highest BCUT2D eigenvalue weighted by Crippen LogP contribution is 2.28. The van der Waals surface area contributed by atoms with Crippen molar-refractivity contribution in [1.82, 2.24) is 9.97 Å². The third kappa shape index (κ3) is 2.42. The molecule has 2 aromatic rings. The van der Waals surface area contributed by atoms with Gasteiger partial charge in [0.05, 0.1) is 22.4 Å². The number of fused-ring (bicyclic) bond motifs is 1. The minimum atomic E-state index is 0.0779. The number of aryl methyl sites for hydroxylation is 1. The van der Waals surface area contributed by atoms with E-state index in [9.17, 15) is 0 Å². The molecule has 0 fully saturated rings. The van der Waals surface area contributed by atoms with E-state index in [0.717, 1.165) is 28.8 Å². The van der Waals surface area contributed by atoms with Gasteiger partial charge in [-0.25, -0.2) is 9.97 Å². The summed E-state index contributed by atoms with van der Waals surface area (Å²) >= 11 is 6.23. The fourth-order valence-corrected chi connectivity index (χ4v) is 2.49. The van der Waals surface area contributed by atoms with Gasteiger partial charge in [0.25, 0.3) is 0 Å². The molecule has 0 saturated heterocycles. The fraction of sp³-hybridized carbons (Fsp3) is 0.429. The van der Waals surface area contributed by atoms with Crippen LogP contribution in [0.15, 0.2) is 24.3 Å². The average molecular weight is 249 g/mol. The second-order valence-corrected chi connectivity index (χ2v) is 5.06. The normalized spacial score (nSPS) is 14.8. The number of rotatable bonds is 3. The number of alkyl halides is 1. The Morgan fingerprint density at radius 1 is 1.18 bits per heavy atom. The molecule has 0 amide bonds. The van der Waals surface area contributed by atoms with E-state index in [1.807, 2.05) is 38.1 Å². The summed E-state index contributed by atoms with van der Waals surface area (Å²) in [5.41, 5.74) is 3.92. The van der Waals surface area contributed by atoms with E-state index >= 15 is 0 Å². The van der Waals surface area contributed by atoms with Gasteiger partial charge in [-0.2, -0.15) is 0 Å². The average Bonchev–Trinajstić information content (AvgIpc) is 2.30. The standard InChI is InChI=1S/C14H17ClN2/c1-4-11(9(2)15)14-10(3)16-12-7-5-6-8-13(12)17-14/h5-9,11H,4H2,1-3H3. The van der Waals surface area contributed by atoms with Crippen molar-refractivity contribution in [2.45, 2.75) is 38.5 Å². The van der Waals surface area contributed by atoms with Crippen LogP contribution in [0.25, 0.3) is 11.0 Å². The third-order valence-corrected chi connectivity index (χ3v) is 3.43. The topological polar surface area (TPSA) is 25.8 Å². The Bertz CT molecular complexity index is 523. The molecule has 0 aliphatic rings. The number of halogens is 1. The molecule has 0 radical (unpaired) electrons. The molecule has 2 rings (SSSR count). The number of para-hydroxylation sites is 2. The quantitative estimate of drug-likeness (QED) is 0.766. The highest BCUT2D eigenvalue weighted by atomic mass is 35.5. The summed E-state index contributed by atoms with van der Waals surface area (Å²) in [6.45, 7) is 6.17. The van der Waals surface area contributed by atoms with Crippen molar-refractivity contribution in [1.29, 1.82) is 0 Å². The van der Waals surface area contributed by atoms with E-state index < -0.39 is 0 Å². The molecule has 0 spiro atoms. The molecular formula is C14H17ClN2. The SMILES string of the molecule is CCC(c1nc2ccccc2nc1C)C(C)Cl. The lowest BCUT2D eigenvalue weighted by atomic mass is 9.97. The number of aromatic nitrogens is 2. The van der Waals surface area contributed by atoms with E-state index in [1.165, 1.54) is 0 Å². The summed E-state index contributed by atoms with van der Waals surface area (Å²) in [7, 11) is 0. The molecular weight excluding hydrogens is 232 g/mol. The highest BCUT2D eigenvalue weighted by Gasteiger charge is 2.20. The van der Waals surface area contributed by atoms with Gasteiger partial charge in [-0.05, 0) is 32.4 Å². The second-order valence-electron chi connectivity index (χ2n) is 4.38. The van der Waals surface area contributed by atoms with E-state index in [-0.39, 0.29) is 11.3 Å². The predicted octanol–water partition coefficient (Wildman–Crippen LogP) is 4.06. The van der Waals surface area contributed by atoms with Gasteiger partial charge >= 0.3 is 0 Å². The molecule has 90 valence electrons. The summed E-state index contributed by atoms with van der Waals surface area (Å²) in [6.07, 6.45) is 0.985. The van der Waals surface area contributed by atoms with Crippen molar-refractivity contribution in [3.05, 3.63) is 35.7 Å². The van der Waals surface area contributed by atoms with Crippen molar-refractivity contribution in [2.75, 3.05) is 0 Å². The van der Waals surface area contributed by atoms with Crippen LogP contribution in [-0.4, -0.2) is 15.3 Å². The Morgan fingerprint density at radius 2 is 1.76 bits per heavy atom. The van der Waals surface area contributed by atoms with Crippen molar-refractivity contribution in [2.24, 2.45) is 0 Å². The lowest BCUT2D eigenvalue weighted by Crippen LogP contribution is -2.13. The van der Waals surface area contributed by atoms with Crippen molar-refractivity contribution < 1.29 is 0 Å². The van der Waals surface area contributed by atoms with Crippen LogP contribution >= 0.6 is 11.6 Å². The Balaban J connectivity index is 2.57. The second kappa shape index (κ2) is 5.01. The first kappa shape index (κ1) is 12.3. The lowest BCUT2D eigenvalue weighted by Gasteiger charge is -2.18. The van der Waals surface area contributed by atoms with Crippen LogP contribution in [0.1, 0.15) is 37.6 Å². The van der Waals surface area contributed by atoms with Gasteiger partial charge in [0.15, 0.2) is 0 Å². The lowest BCUT2D eigenvalue weighted by molar-refractivity contribution is 0.625. The first-order valence-corrected chi connectivity index (χ1v) is 6.44. The van der Waals surface area contributed by atoms with Crippen LogP contribution in [0.2, 0.25) is 0 Å². The highest BCUT2D eigenvalue weighted by molar-refractivity contribution is 6.20. The van der Waals surface area contributed by atoms with Gasteiger partial charge in [0, 0.05) is 11.3 Å². The van der Waals surface area contributed by atoms with Gasteiger partial charge in [-0.1, -0.05) is 19.1 Å². The molecule has 1 heterocycles. The summed E-state index contributed by atoms with van der Waals surface area (Å²) in [4.78, 5) is 9.33. The molecule has 2 atom stereocenters. The maximum atomic E-state index is 6.23. The third-order valence-electron chi connectivity index (χ3n) is 3.13. The zero-order valence-electron chi connectivity index (χ0n) is 10.4. The largest absolute Gasteiger partial charge is 0.250 e. The van der Waals surface area contributed by atoms with Crippen LogP contribution in [0.5, 0.6) is 0 Å².